The number of hydrogen-bond acceptors (Lipinski definition) is 4. The number of nitrogens with zero attached hydrogens (tertiary/aromatic N) is 1. The Hall–Kier alpha value is -3.30. The van der Waals surface area contributed by atoms with Crippen LogP contribution < -0.4 is 15.4 Å². The Morgan fingerprint density at radius 2 is 2.03 bits per heavy atom. The third-order valence-corrected chi connectivity index (χ3v) is 5.06. The van der Waals surface area contributed by atoms with Crippen molar-refractivity contribution in [2.45, 2.75) is 45.3 Å². The molecule has 0 bridgehead atoms. The van der Waals surface area contributed by atoms with Gasteiger partial charge in [-0.25, -0.2) is 9.78 Å². The molecule has 3 rings (SSSR count). The van der Waals surface area contributed by atoms with E-state index in [1.165, 1.54) is 18.3 Å². The van der Waals surface area contributed by atoms with Crippen LogP contribution in [0.15, 0.2) is 30.5 Å². The minimum absolute atomic E-state index is 0.0342. The number of anilines is 1. The number of ether oxygens (including phenoxy) is 1. The van der Waals surface area contributed by atoms with Crippen molar-refractivity contribution >= 4 is 17.8 Å². The fourth-order valence-electron chi connectivity index (χ4n) is 3.97. The second-order valence-electron chi connectivity index (χ2n) is 8.50. The predicted molar refractivity (Wildman–Crippen MR) is 112 cm³/mol. The van der Waals surface area contributed by atoms with E-state index < -0.39 is 29.1 Å². The van der Waals surface area contributed by atoms with Gasteiger partial charge in [0.05, 0.1) is 17.5 Å². The summed E-state index contributed by atoms with van der Waals surface area (Å²) < 4.78 is 47.1. The van der Waals surface area contributed by atoms with Crippen LogP contribution in [0.2, 0.25) is 0 Å². The summed E-state index contributed by atoms with van der Waals surface area (Å²) in [5, 5.41) is 14.1. The van der Waals surface area contributed by atoms with Gasteiger partial charge >= 0.3 is 12.3 Å². The van der Waals surface area contributed by atoms with Crippen molar-refractivity contribution in [1.29, 1.82) is 0 Å². The number of nitrogens with one attached hydrogen (secondary N) is 2. The normalized spacial score (nSPS) is 15.2. The Bertz CT molecular complexity index is 1040. The highest BCUT2D eigenvalue weighted by molar-refractivity contribution is 6.00. The lowest BCUT2D eigenvalue weighted by Crippen LogP contribution is -2.50. The van der Waals surface area contributed by atoms with Crippen molar-refractivity contribution in [1.82, 2.24) is 10.3 Å². The molecule has 2 amide bonds. The third-order valence-electron chi connectivity index (χ3n) is 5.06. The van der Waals surface area contributed by atoms with Crippen molar-refractivity contribution in [3.63, 3.8) is 0 Å². The molecule has 2 aromatic rings. The van der Waals surface area contributed by atoms with Gasteiger partial charge in [0.1, 0.15) is 18.2 Å². The van der Waals surface area contributed by atoms with Crippen molar-refractivity contribution in [3.05, 3.63) is 41.6 Å². The molecule has 0 aliphatic carbocycles. The van der Waals surface area contributed by atoms with Gasteiger partial charge in [-0.15, -0.1) is 0 Å². The molecule has 1 aromatic carbocycles. The van der Waals surface area contributed by atoms with Gasteiger partial charge in [0.2, 0.25) is 5.91 Å². The van der Waals surface area contributed by atoms with E-state index in [2.05, 4.69) is 15.6 Å². The summed E-state index contributed by atoms with van der Waals surface area (Å²) in [4.78, 5) is 26.9. The maximum atomic E-state index is 13.9. The van der Waals surface area contributed by atoms with Crippen LogP contribution in [0, 0.1) is 5.92 Å². The lowest BCUT2D eigenvalue weighted by Gasteiger charge is -2.31. The summed E-state index contributed by atoms with van der Waals surface area (Å²) in [6, 6.07) is 5.23. The van der Waals surface area contributed by atoms with Gasteiger partial charge in [0.15, 0.2) is 0 Å². The molecule has 0 saturated heterocycles. The molecule has 1 aromatic heterocycles. The predicted octanol–water partition coefficient (Wildman–Crippen LogP) is 4.71. The Morgan fingerprint density at radius 3 is 2.66 bits per heavy atom. The largest absolute Gasteiger partial charge is 0.491 e. The molecule has 172 valence electrons. The van der Waals surface area contributed by atoms with Gasteiger partial charge in [-0.05, 0) is 48.6 Å². The fraction of sp³-hybridized carbons (Fsp3) is 0.409. The number of aromatic nitrogens is 1. The zero-order chi connectivity index (χ0) is 23.7. The minimum Gasteiger partial charge on any atom is -0.491 e. The first-order valence-electron chi connectivity index (χ1n) is 10.0. The summed E-state index contributed by atoms with van der Waals surface area (Å²) in [6.45, 7) is 5.07. The van der Waals surface area contributed by atoms with E-state index in [0.29, 0.717) is 23.4 Å². The number of carbonyl (C=O) groups is 2. The first kappa shape index (κ1) is 23.4. The Kier molecular flexibility index (Phi) is 6.34. The maximum Gasteiger partial charge on any atom is 0.419 e. The van der Waals surface area contributed by atoms with E-state index in [-0.39, 0.29) is 30.4 Å². The zero-order valence-corrected chi connectivity index (χ0v) is 17.8. The van der Waals surface area contributed by atoms with Crippen molar-refractivity contribution in [3.8, 4) is 16.9 Å². The number of benzene rings is 1. The van der Waals surface area contributed by atoms with E-state index in [9.17, 15) is 22.8 Å². The van der Waals surface area contributed by atoms with E-state index in [4.69, 9.17) is 9.84 Å². The quantitative estimate of drug-likeness (QED) is 0.566. The monoisotopic (exact) mass is 451 g/mol. The van der Waals surface area contributed by atoms with E-state index in [1.54, 1.807) is 13.0 Å². The van der Waals surface area contributed by atoms with Crippen LogP contribution in [-0.4, -0.2) is 34.2 Å². The van der Waals surface area contributed by atoms with Crippen molar-refractivity contribution in [2.24, 2.45) is 5.92 Å². The highest BCUT2D eigenvalue weighted by Crippen LogP contribution is 2.41. The number of halogens is 3. The number of pyridine rings is 1. The molecule has 3 N–H and O–H groups in total. The summed E-state index contributed by atoms with van der Waals surface area (Å²) in [5.74, 6) is -0.245. The second kappa shape index (κ2) is 8.68. The van der Waals surface area contributed by atoms with Crippen molar-refractivity contribution in [2.75, 3.05) is 11.9 Å². The first-order valence-corrected chi connectivity index (χ1v) is 10.0. The van der Waals surface area contributed by atoms with Crippen LogP contribution in [-0.2, 0) is 17.4 Å². The maximum absolute atomic E-state index is 13.9. The number of hydrogen-bond donors (Lipinski definition) is 3. The van der Waals surface area contributed by atoms with E-state index >= 15 is 0 Å². The molecule has 0 radical (unpaired) electrons. The second-order valence-corrected chi connectivity index (χ2v) is 8.50. The average Bonchev–Trinajstić information content (AvgIpc) is 3.04. The molecule has 7 nitrogen and oxygen atoms in total. The lowest BCUT2D eigenvalue weighted by atomic mass is 9.91. The number of alkyl halides is 3. The number of carboxylic acid groups (broad SMARTS) is 1. The summed E-state index contributed by atoms with van der Waals surface area (Å²) in [5.41, 5.74) is -0.773. The van der Waals surface area contributed by atoms with Crippen LogP contribution in [0.25, 0.3) is 11.1 Å². The SMILES string of the molecule is CC(C)CC(C)(COc1ccc(-c2ccnc3c2CC(=O)N3)cc1C(F)(F)F)NC(=O)O. The molecule has 1 aliphatic rings. The van der Waals surface area contributed by atoms with Gasteiger partial charge in [-0.3, -0.25) is 4.79 Å². The number of carbonyl (C=O) groups excluding carboxylic acids is 1. The Balaban J connectivity index is 1.95. The molecule has 1 unspecified atom stereocenters. The molecule has 0 saturated carbocycles. The third kappa shape index (κ3) is 5.30. The molecule has 0 fully saturated rings. The molecular formula is C22H24F3N3O4. The smallest absolute Gasteiger partial charge is 0.419 e. The van der Waals surface area contributed by atoms with Crippen LogP contribution in [0.3, 0.4) is 0 Å². The molecule has 1 atom stereocenters. The zero-order valence-electron chi connectivity index (χ0n) is 17.8. The first-order chi connectivity index (χ1) is 14.9. The van der Waals surface area contributed by atoms with Crippen LogP contribution >= 0.6 is 0 Å². The number of rotatable bonds is 7. The Labute approximate surface area is 183 Å². The topological polar surface area (TPSA) is 101 Å². The molecule has 32 heavy (non-hydrogen) atoms. The average molecular weight is 451 g/mol. The standard InChI is InChI=1S/C22H24F3N3O4/c1-12(2)10-21(3,28-20(30)31)11-32-17-5-4-13(8-16(17)22(23,24)25)14-6-7-26-19-15(14)9-18(29)27-19/h4-8,12,28H,9-11H2,1-3H3,(H,30,31)(H,26,27,29). The Morgan fingerprint density at radius 1 is 1.31 bits per heavy atom. The van der Waals surface area contributed by atoms with Gasteiger partial charge in [-0.2, -0.15) is 13.2 Å². The molecule has 2 heterocycles. The van der Waals surface area contributed by atoms with Crippen LogP contribution in [0.1, 0.15) is 38.3 Å². The van der Waals surface area contributed by atoms with Crippen LogP contribution in [0.5, 0.6) is 5.75 Å². The van der Waals surface area contributed by atoms with Crippen LogP contribution in [0.4, 0.5) is 23.8 Å². The van der Waals surface area contributed by atoms with Gasteiger partial charge < -0.3 is 20.5 Å². The highest BCUT2D eigenvalue weighted by atomic mass is 19.4. The highest BCUT2D eigenvalue weighted by Gasteiger charge is 2.36. The number of fused-ring (bicyclic) bond motifs is 1. The molecule has 0 spiro atoms. The van der Waals surface area contributed by atoms with Gasteiger partial charge in [-0.1, -0.05) is 19.9 Å². The summed E-state index contributed by atoms with van der Waals surface area (Å²) in [7, 11) is 0. The summed E-state index contributed by atoms with van der Waals surface area (Å²) >= 11 is 0. The molecular weight excluding hydrogens is 427 g/mol. The fourth-order valence-corrected chi connectivity index (χ4v) is 3.97. The van der Waals surface area contributed by atoms with E-state index in [1.807, 2.05) is 13.8 Å². The van der Waals surface area contributed by atoms with Crippen molar-refractivity contribution < 1.29 is 32.6 Å². The lowest BCUT2D eigenvalue weighted by molar-refractivity contribution is -0.139. The van der Waals surface area contributed by atoms with Gasteiger partial charge in [0, 0.05) is 11.8 Å². The summed E-state index contributed by atoms with van der Waals surface area (Å²) in [6.07, 6.45) is -4.15. The minimum atomic E-state index is -4.70. The van der Waals surface area contributed by atoms with E-state index in [0.717, 1.165) is 6.07 Å². The number of amides is 2. The molecule has 10 heteroatoms. The molecule has 1 aliphatic heterocycles. The van der Waals surface area contributed by atoms with Gasteiger partial charge in [0.25, 0.3) is 0 Å².